The van der Waals surface area contributed by atoms with Crippen LogP contribution in [0.4, 0.5) is 0 Å². The van der Waals surface area contributed by atoms with Crippen LogP contribution in [0.25, 0.3) is 0 Å². The second-order valence-corrected chi connectivity index (χ2v) is 3.34. The van der Waals surface area contributed by atoms with Crippen LogP contribution in [0.15, 0.2) is 0 Å². The minimum absolute atomic E-state index is 0.233. The first-order valence-electron chi connectivity index (χ1n) is 4.94. The summed E-state index contributed by atoms with van der Waals surface area (Å²) in [5.74, 6) is 0.901. The summed E-state index contributed by atoms with van der Waals surface area (Å²) in [6.45, 7) is 3.84. The molecule has 1 saturated carbocycles. The van der Waals surface area contributed by atoms with Crippen LogP contribution in [-0.4, -0.2) is 25.2 Å². The van der Waals surface area contributed by atoms with Crippen molar-refractivity contribution < 1.29 is 19.1 Å². The highest BCUT2D eigenvalue weighted by atomic mass is 16.6. The zero-order valence-corrected chi connectivity index (χ0v) is 8.91. The number of terminal acetylenes is 1. The van der Waals surface area contributed by atoms with Gasteiger partial charge in [-0.05, 0) is 20.3 Å². The summed E-state index contributed by atoms with van der Waals surface area (Å²) in [5.41, 5.74) is -1.22. The Balaban J connectivity index is 2.79. The fourth-order valence-corrected chi connectivity index (χ4v) is 1.52. The fourth-order valence-electron chi connectivity index (χ4n) is 1.52. The molecular formula is C11H14O4. The molecular weight excluding hydrogens is 196 g/mol. The number of carbonyl (C=O) groups is 2. The van der Waals surface area contributed by atoms with Gasteiger partial charge in [-0.2, -0.15) is 0 Å². The maximum atomic E-state index is 11.6. The standard InChI is InChI=1S/C11H14O4/c1-4-8-7-11(8,9(12)14-5-2)10(13)15-6-3/h1,8H,5-7H2,2-3H3. The molecule has 4 nitrogen and oxygen atoms in total. The van der Waals surface area contributed by atoms with Crippen molar-refractivity contribution >= 4 is 11.9 Å². The number of esters is 2. The van der Waals surface area contributed by atoms with Gasteiger partial charge in [0.05, 0.1) is 13.2 Å². The predicted molar refractivity (Wildman–Crippen MR) is 52.6 cm³/mol. The Morgan fingerprint density at radius 1 is 1.33 bits per heavy atom. The molecule has 1 aliphatic carbocycles. The van der Waals surface area contributed by atoms with Gasteiger partial charge in [0.15, 0.2) is 5.41 Å². The zero-order chi connectivity index (χ0) is 11.5. The predicted octanol–water partition coefficient (Wildman–Crippen LogP) is 0.752. The zero-order valence-electron chi connectivity index (χ0n) is 8.91. The van der Waals surface area contributed by atoms with E-state index in [-0.39, 0.29) is 19.1 Å². The summed E-state index contributed by atoms with van der Waals surface area (Å²) < 4.78 is 9.67. The lowest BCUT2D eigenvalue weighted by Crippen LogP contribution is -2.31. The van der Waals surface area contributed by atoms with E-state index in [1.165, 1.54) is 0 Å². The molecule has 0 aromatic carbocycles. The van der Waals surface area contributed by atoms with E-state index < -0.39 is 17.4 Å². The maximum absolute atomic E-state index is 11.6. The first-order chi connectivity index (χ1) is 7.13. The molecule has 15 heavy (non-hydrogen) atoms. The molecule has 0 saturated heterocycles. The minimum Gasteiger partial charge on any atom is -0.465 e. The molecule has 4 heteroatoms. The molecule has 0 spiro atoms. The molecule has 0 N–H and O–H groups in total. The number of rotatable bonds is 4. The lowest BCUT2D eigenvalue weighted by atomic mass is 10.0. The Hall–Kier alpha value is -1.50. The van der Waals surface area contributed by atoms with Crippen molar-refractivity contribution in [3.05, 3.63) is 0 Å². The van der Waals surface area contributed by atoms with E-state index in [0.29, 0.717) is 6.42 Å². The van der Waals surface area contributed by atoms with Crippen LogP contribution >= 0.6 is 0 Å². The molecule has 0 radical (unpaired) electrons. The van der Waals surface area contributed by atoms with Gasteiger partial charge >= 0.3 is 11.9 Å². The molecule has 0 amide bonds. The van der Waals surface area contributed by atoms with Crippen LogP contribution in [0.5, 0.6) is 0 Å². The molecule has 1 aliphatic rings. The summed E-state index contributed by atoms with van der Waals surface area (Å²) in [5, 5.41) is 0. The van der Waals surface area contributed by atoms with Gasteiger partial charge in [0.25, 0.3) is 0 Å². The molecule has 1 atom stereocenters. The summed E-state index contributed by atoms with van der Waals surface area (Å²) in [6.07, 6.45) is 5.55. The number of ether oxygens (including phenoxy) is 2. The SMILES string of the molecule is C#CC1CC1(C(=O)OCC)C(=O)OCC. The van der Waals surface area contributed by atoms with Crippen molar-refractivity contribution in [3.8, 4) is 12.3 Å². The number of hydrogen-bond acceptors (Lipinski definition) is 4. The lowest BCUT2D eigenvalue weighted by molar-refractivity contribution is -0.164. The Labute approximate surface area is 88.9 Å². The van der Waals surface area contributed by atoms with Crippen LogP contribution in [0, 0.1) is 23.7 Å². The van der Waals surface area contributed by atoms with Crippen molar-refractivity contribution in [2.75, 3.05) is 13.2 Å². The van der Waals surface area contributed by atoms with E-state index in [2.05, 4.69) is 5.92 Å². The average Bonchev–Trinajstić information content (AvgIpc) is 2.94. The fraction of sp³-hybridized carbons (Fsp3) is 0.636. The molecule has 1 unspecified atom stereocenters. The average molecular weight is 210 g/mol. The normalized spacial score (nSPS) is 21.3. The van der Waals surface area contributed by atoms with Gasteiger partial charge in [0, 0.05) is 5.92 Å². The summed E-state index contributed by atoms with van der Waals surface area (Å²) in [4.78, 5) is 23.2. The van der Waals surface area contributed by atoms with Crippen molar-refractivity contribution in [2.45, 2.75) is 20.3 Å². The van der Waals surface area contributed by atoms with Crippen molar-refractivity contribution in [1.82, 2.24) is 0 Å². The van der Waals surface area contributed by atoms with E-state index in [0.717, 1.165) is 0 Å². The Morgan fingerprint density at radius 3 is 2.07 bits per heavy atom. The van der Waals surface area contributed by atoms with Gasteiger partial charge in [-0.15, -0.1) is 12.3 Å². The maximum Gasteiger partial charge on any atom is 0.324 e. The quantitative estimate of drug-likeness (QED) is 0.390. The van der Waals surface area contributed by atoms with Crippen LogP contribution in [0.2, 0.25) is 0 Å². The van der Waals surface area contributed by atoms with E-state index in [9.17, 15) is 9.59 Å². The van der Waals surface area contributed by atoms with Crippen molar-refractivity contribution in [2.24, 2.45) is 11.3 Å². The molecule has 0 aromatic heterocycles. The first kappa shape index (κ1) is 11.6. The molecule has 0 bridgehead atoms. The van der Waals surface area contributed by atoms with Crippen LogP contribution in [-0.2, 0) is 19.1 Å². The van der Waals surface area contributed by atoms with Crippen LogP contribution in [0.1, 0.15) is 20.3 Å². The summed E-state index contributed by atoms with van der Waals surface area (Å²) in [6, 6.07) is 0. The Morgan fingerprint density at radius 2 is 1.80 bits per heavy atom. The Bertz CT molecular complexity index is 295. The van der Waals surface area contributed by atoms with Gasteiger partial charge in [0.2, 0.25) is 0 Å². The van der Waals surface area contributed by atoms with E-state index in [1.54, 1.807) is 13.8 Å². The highest BCUT2D eigenvalue weighted by Gasteiger charge is 2.67. The first-order valence-corrected chi connectivity index (χ1v) is 4.94. The summed E-state index contributed by atoms with van der Waals surface area (Å²) in [7, 11) is 0. The van der Waals surface area contributed by atoms with Crippen molar-refractivity contribution in [1.29, 1.82) is 0 Å². The second-order valence-electron chi connectivity index (χ2n) is 3.34. The highest BCUT2D eigenvalue weighted by Crippen LogP contribution is 2.54. The van der Waals surface area contributed by atoms with E-state index >= 15 is 0 Å². The number of carbonyl (C=O) groups excluding carboxylic acids is 2. The third kappa shape index (κ3) is 1.82. The molecule has 0 aromatic rings. The molecule has 0 aliphatic heterocycles. The van der Waals surface area contributed by atoms with Crippen LogP contribution < -0.4 is 0 Å². The van der Waals surface area contributed by atoms with E-state index in [4.69, 9.17) is 15.9 Å². The molecule has 1 rings (SSSR count). The lowest BCUT2D eigenvalue weighted by Gasteiger charge is -2.12. The van der Waals surface area contributed by atoms with Gasteiger partial charge in [-0.25, -0.2) is 0 Å². The highest BCUT2D eigenvalue weighted by molar-refractivity contribution is 6.04. The molecule has 1 fully saturated rings. The topological polar surface area (TPSA) is 52.6 Å². The molecule has 0 heterocycles. The van der Waals surface area contributed by atoms with Gasteiger partial charge in [-0.1, -0.05) is 0 Å². The van der Waals surface area contributed by atoms with Gasteiger partial charge in [0.1, 0.15) is 0 Å². The smallest absolute Gasteiger partial charge is 0.324 e. The van der Waals surface area contributed by atoms with E-state index in [1.807, 2.05) is 0 Å². The Kier molecular flexibility index (Phi) is 3.35. The van der Waals surface area contributed by atoms with Gasteiger partial charge < -0.3 is 9.47 Å². The number of hydrogen-bond donors (Lipinski definition) is 0. The van der Waals surface area contributed by atoms with Crippen LogP contribution in [0.3, 0.4) is 0 Å². The summed E-state index contributed by atoms with van der Waals surface area (Å²) >= 11 is 0. The minimum atomic E-state index is -1.22. The van der Waals surface area contributed by atoms with Crippen molar-refractivity contribution in [3.63, 3.8) is 0 Å². The largest absolute Gasteiger partial charge is 0.465 e. The third-order valence-corrected chi connectivity index (χ3v) is 2.44. The third-order valence-electron chi connectivity index (χ3n) is 2.44. The second kappa shape index (κ2) is 4.35. The monoisotopic (exact) mass is 210 g/mol. The molecule has 82 valence electrons. The van der Waals surface area contributed by atoms with Gasteiger partial charge in [-0.3, -0.25) is 9.59 Å².